The van der Waals surface area contributed by atoms with Gasteiger partial charge in [-0.2, -0.15) is 0 Å². The summed E-state index contributed by atoms with van der Waals surface area (Å²) in [7, 11) is -3.51. The molecule has 1 aliphatic carbocycles. The number of hydrogen-bond acceptors (Lipinski definition) is 3. The van der Waals surface area contributed by atoms with Crippen LogP contribution in [0.15, 0.2) is 30.3 Å². The van der Waals surface area contributed by atoms with Gasteiger partial charge >= 0.3 is 0 Å². The summed E-state index contributed by atoms with van der Waals surface area (Å²) in [6.07, 6.45) is 1.21. The third kappa shape index (κ3) is 3.57. The molecule has 0 heterocycles. The van der Waals surface area contributed by atoms with E-state index < -0.39 is 10.0 Å². The second kappa shape index (κ2) is 5.10. The average molecular weight is 267 g/mol. The summed E-state index contributed by atoms with van der Waals surface area (Å²) in [6, 6.07) is 9.37. The van der Waals surface area contributed by atoms with Crippen molar-refractivity contribution in [2.24, 2.45) is 11.8 Å². The Morgan fingerprint density at radius 3 is 2.50 bits per heavy atom. The van der Waals surface area contributed by atoms with E-state index in [1.165, 1.54) is 0 Å². The van der Waals surface area contributed by atoms with E-state index in [0.29, 0.717) is 12.3 Å². The second-order valence-electron chi connectivity index (χ2n) is 4.84. The van der Waals surface area contributed by atoms with Crippen molar-refractivity contribution in [1.82, 2.24) is 4.72 Å². The number of sulfonamides is 1. The molecular weight excluding hydrogens is 250 g/mol. The molecule has 0 saturated heterocycles. The van der Waals surface area contributed by atoms with Crippen molar-refractivity contribution in [2.75, 3.05) is 5.75 Å². The molecule has 2 rings (SSSR count). The summed E-state index contributed by atoms with van der Waals surface area (Å²) in [6.45, 7) is 1.95. The van der Waals surface area contributed by atoms with Crippen molar-refractivity contribution in [3.63, 3.8) is 0 Å². The lowest BCUT2D eigenvalue weighted by atomic mass is 10.2. The first kappa shape index (κ1) is 13.1. The van der Waals surface area contributed by atoms with Crippen LogP contribution in [-0.2, 0) is 21.2 Å². The summed E-state index contributed by atoms with van der Waals surface area (Å²) in [5, 5.41) is 0. The second-order valence-corrected chi connectivity index (χ2v) is 6.68. The minimum absolute atomic E-state index is 0.0517. The van der Waals surface area contributed by atoms with Gasteiger partial charge < -0.3 is 0 Å². The molecule has 2 unspecified atom stereocenters. The maximum Gasteiger partial charge on any atom is 0.236 e. The zero-order chi connectivity index (χ0) is 13.2. The molecule has 0 radical (unpaired) electrons. The van der Waals surface area contributed by atoms with Crippen molar-refractivity contribution in [3.05, 3.63) is 35.9 Å². The lowest BCUT2D eigenvalue weighted by Gasteiger charge is -2.06. The standard InChI is InChI=1S/C13H17NO3S/c1-10-9-12(10)13(15)14-18(16,17)8-7-11-5-3-2-4-6-11/h2-6,10,12H,7-9H2,1H3,(H,14,15). The smallest absolute Gasteiger partial charge is 0.236 e. The van der Waals surface area contributed by atoms with E-state index >= 15 is 0 Å². The summed E-state index contributed by atoms with van der Waals surface area (Å²) in [5.41, 5.74) is 0.954. The largest absolute Gasteiger partial charge is 0.274 e. The average Bonchev–Trinajstić information content (AvgIpc) is 3.05. The molecule has 1 N–H and O–H groups in total. The van der Waals surface area contributed by atoms with Crippen LogP contribution < -0.4 is 4.72 Å². The van der Waals surface area contributed by atoms with E-state index in [9.17, 15) is 13.2 Å². The fourth-order valence-electron chi connectivity index (χ4n) is 1.86. The van der Waals surface area contributed by atoms with Crippen LogP contribution in [0.3, 0.4) is 0 Å². The van der Waals surface area contributed by atoms with Crippen molar-refractivity contribution in [2.45, 2.75) is 19.8 Å². The van der Waals surface area contributed by atoms with Gasteiger partial charge in [-0.05, 0) is 24.3 Å². The molecule has 0 spiro atoms. The SMILES string of the molecule is CC1CC1C(=O)NS(=O)(=O)CCc1ccccc1. The van der Waals surface area contributed by atoms with E-state index in [4.69, 9.17) is 0 Å². The Hall–Kier alpha value is -1.36. The molecule has 1 fully saturated rings. The quantitative estimate of drug-likeness (QED) is 0.875. The Morgan fingerprint density at radius 2 is 1.94 bits per heavy atom. The maximum atomic E-state index is 11.7. The molecular formula is C13H17NO3S. The predicted molar refractivity (Wildman–Crippen MR) is 69.3 cm³/mol. The molecule has 4 nitrogen and oxygen atoms in total. The molecule has 1 aliphatic rings. The highest BCUT2D eigenvalue weighted by Crippen LogP contribution is 2.37. The molecule has 0 aromatic heterocycles. The first-order valence-electron chi connectivity index (χ1n) is 6.06. The van der Waals surface area contributed by atoms with E-state index in [-0.39, 0.29) is 17.6 Å². The molecule has 1 aromatic carbocycles. The zero-order valence-corrected chi connectivity index (χ0v) is 11.1. The van der Waals surface area contributed by atoms with E-state index in [1.807, 2.05) is 37.3 Å². The van der Waals surface area contributed by atoms with Crippen molar-refractivity contribution in [1.29, 1.82) is 0 Å². The van der Waals surface area contributed by atoms with Gasteiger partial charge in [0.2, 0.25) is 15.9 Å². The molecule has 1 aromatic rings. The highest BCUT2D eigenvalue weighted by atomic mass is 32.2. The van der Waals surface area contributed by atoms with Gasteiger partial charge in [-0.15, -0.1) is 0 Å². The Bertz CT molecular complexity index is 524. The van der Waals surface area contributed by atoms with E-state index in [2.05, 4.69) is 4.72 Å². The first-order valence-corrected chi connectivity index (χ1v) is 7.71. The highest BCUT2D eigenvalue weighted by molar-refractivity contribution is 7.90. The van der Waals surface area contributed by atoms with Gasteiger partial charge in [0.15, 0.2) is 0 Å². The van der Waals surface area contributed by atoms with Gasteiger partial charge in [-0.1, -0.05) is 37.3 Å². The number of nitrogens with one attached hydrogen (secondary N) is 1. The highest BCUT2D eigenvalue weighted by Gasteiger charge is 2.40. The predicted octanol–water partition coefficient (Wildman–Crippen LogP) is 1.33. The molecule has 0 bridgehead atoms. The van der Waals surface area contributed by atoms with Gasteiger partial charge in [-0.3, -0.25) is 9.52 Å². The Kier molecular flexibility index (Phi) is 3.71. The minimum atomic E-state index is -3.51. The van der Waals surface area contributed by atoms with Crippen LogP contribution in [0, 0.1) is 11.8 Å². The lowest BCUT2D eigenvalue weighted by molar-refractivity contribution is -0.120. The van der Waals surface area contributed by atoms with E-state index in [1.54, 1.807) is 0 Å². The van der Waals surface area contributed by atoms with Crippen LogP contribution in [-0.4, -0.2) is 20.1 Å². The van der Waals surface area contributed by atoms with Gasteiger partial charge in [0.05, 0.1) is 5.75 Å². The van der Waals surface area contributed by atoms with E-state index in [0.717, 1.165) is 12.0 Å². The van der Waals surface area contributed by atoms with Crippen LogP contribution in [0.1, 0.15) is 18.9 Å². The van der Waals surface area contributed by atoms with Crippen LogP contribution in [0.5, 0.6) is 0 Å². The topological polar surface area (TPSA) is 63.2 Å². The van der Waals surface area contributed by atoms with Gasteiger partial charge in [0, 0.05) is 5.92 Å². The Labute approximate surface area is 107 Å². The molecule has 1 amide bonds. The molecule has 0 aliphatic heterocycles. The Morgan fingerprint density at radius 1 is 1.33 bits per heavy atom. The van der Waals surface area contributed by atoms with Crippen molar-refractivity contribution < 1.29 is 13.2 Å². The Balaban J connectivity index is 1.86. The summed E-state index contributed by atoms with van der Waals surface area (Å²) in [5.74, 6) is -0.203. The summed E-state index contributed by atoms with van der Waals surface area (Å²) >= 11 is 0. The van der Waals surface area contributed by atoms with Crippen LogP contribution in [0.25, 0.3) is 0 Å². The monoisotopic (exact) mass is 267 g/mol. The number of benzene rings is 1. The van der Waals surface area contributed by atoms with Crippen LogP contribution in [0.4, 0.5) is 0 Å². The number of carbonyl (C=O) groups is 1. The summed E-state index contributed by atoms with van der Waals surface area (Å²) < 4.78 is 25.6. The maximum absolute atomic E-state index is 11.7. The lowest BCUT2D eigenvalue weighted by Crippen LogP contribution is -2.34. The number of amides is 1. The third-order valence-electron chi connectivity index (χ3n) is 3.20. The number of hydrogen-bond donors (Lipinski definition) is 1. The zero-order valence-electron chi connectivity index (χ0n) is 10.3. The fraction of sp³-hybridized carbons (Fsp3) is 0.462. The van der Waals surface area contributed by atoms with Gasteiger partial charge in [0.25, 0.3) is 0 Å². The third-order valence-corrected chi connectivity index (χ3v) is 4.46. The van der Waals surface area contributed by atoms with Crippen molar-refractivity contribution in [3.8, 4) is 0 Å². The molecule has 18 heavy (non-hydrogen) atoms. The normalized spacial score (nSPS) is 22.5. The van der Waals surface area contributed by atoms with Gasteiger partial charge in [-0.25, -0.2) is 8.42 Å². The van der Waals surface area contributed by atoms with Crippen LogP contribution in [0.2, 0.25) is 0 Å². The minimum Gasteiger partial charge on any atom is -0.274 e. The number of carbonyl (C=O) groups excluding carboxylic acids is 1. The fourth-order valence-corrected chi connectivity index (χ4v) is 2.93. The molecule has 98 valence electrons. The van der Waals surface area contributed by atoms with Gasteiger partial charge in [0.1, 0.15) is 0 Å². The number of aryl methyl sites for hydroxylation is 1. The summed E-state index contributed by atoms with van der Waals surface area (Å²) in [4.78, 5) is 11.6. The number of rotatable bonds is 5. The molecule has 2 atom stereocenters. The molecule has 1 saturated carbocycles. The molecule has 5 heteroatoms. The van der Waals surface area contributed by atoms with Crippen LogP contribution >= 0.6 is 0 Å². The first-order chi connectivity index (χ1) is 8.48. The van der Waals surface area contributed by atoms with Crippen molar-refractivity contribution >= 4 is 15.9 Å².